The second-order valence-electron chi connectivity index (χ2n) is 7.11. The van der Waals surface area contributed by atoms with Gasteiger partial charge in [-0.25, -0.2) is 5.43 Å². The van der Waals surface area contributed by atoms with Crippen LogP contribution in [0.3, 0.4) is 0 Å². The molecular formula is C26H27ClN2O4. The highest BCUT2D eigenvalue weighted by atomic mass is 35.5. The molecule has 3 rings (SSSR count). The van der Waals surface area contributed by atoms with Crippen LogP contribution in [0, 0.1) is 0 Å². The van der Waals surface area contributed by atoms with Crippen molar-refractivity contribution >= 4 is 23.7 Å². The van der Waals surface area contributed by atoms with Crippen molar-refractivity contribution < 1.29 is 19.0 Å². The van der Waals surface area contributed by atoms with E-state index in [0.717, 1.165) is 17.7 Å². The van der Waals surface area contributed by atoms with Gasteiger partial charge in [-0.2, -0.15) is 5.10 Å². The van der Waals surface area contributed by atoms with E-state index >= 15 is 0 Å². The summed E-state index contributed by atoms with van der Waals surface area (Å²) in [6.07, 6.45) is 2.43. The third-order valence-electron chi connectivity index (χ3n) is 4.53. The van der Waals surface area contributed by atoms with Gasteiger partial charge in [0.2, 0.25) is 0 Å². The number of rotatable bonds is 11. The summed E-state index contributed by atoms with van der Waals surface area (Å²) in [7, 11) is 0. The number of hydrazone groups is 1. The largest absolute Gasteiger partial charge is 0.494 e. The van der Waals surface area contributed by atoms with Gasteiger partial charge in [0.1, 0.15) is 12.4 Å². The van der Waals surface area contributed by atoms with Crippen molar-refractivity contribution in [2.24, 2.45) is 5.10 Å². The Balaban J connectivity index is 1.65. The van der Waals surface area contributed by atoms with Gasteiger partial charge in [-0.15, -0.1) is 0 Å². The Morgan fingerprint density at radius 1 is 1.00 bits per heavy atom. The van der Waals surface area contributed by atoms with E-state index in [9.17, 15) is 4.79 Å². The first-order chi connectivity index (χ1) is 16.1. The molecule has 0 unspecified atom stereocenters. The van der Waals surface area contributed by atoms with E-state index < -0.39 is 0 Å². The lowest BCUT2D eigenvalue weighted by Crippen LogP contribution is -2.17. The molecule has 1 N–H and O–H groups in total. The summed E-state index contributed by atoms with van der Waals surface area (Å²) >= 11 is 6.46. The molecule has 172 valence electrons. The van der Waals surface area contributed by atoms with Crippen LogP contribution in [0.1, 0.15) is 41.8 Å². The predicted octanol–water partition coefficient (Wildman–Crippen LogP) is 5.87. The average molecular weight is 467 g/mol. The maximum Gasteiger partial charge on any atom is 0.271 e. The number of carbonyl (C=O) groups is 1. The Morgan fingerprint density at radius 2 is 1.76 bits per heavy atom. The number of hydrogen-bond donors (Lipinski definition) is 1. The van der Waals surface area contributed by atoms with Gasteiger partial charge in [0.05, 0.1) is 24.5 Å². The van der Waals surface area contributed by atoms with Crippen LogP contribution in [0.2, 0.25) is 5.02 Å². The lowest BCUT2D eigenvalue weighted by Gasteiger charge is -2.14. The Labute approximate surface area is 199 Å². The zero-order valence-corrected chi connectivity index (χ0v) is 19.5. The third kappa shape index (κ3) is 7.26. The molecule has 33 heavy (non-hydrogen) atoms. The molecule has 0 aliphatic carbocycles. The maximum atomic E-state index is 12.3. The fraction of sp³-hybridized carbons (Fsp3) is 0.231. The van der Waals surface area contributed by atoms with Gasteiger partial charge in [-0.1, -0.05) is 48.9 Å². The second-order valence-corrected chi connectivity index (χ2v) is 7.52. The zero-order chi connectivity index (χ0) is 23.5. The van der Waals surface area contributed by atoms with E-state index in [1.165, 1.54) is 6.21 Å². The highest BCUT2D eigenvalue weighted by Crippen LogP contribution is 2.37. The van der Waals surface area contributed by atoms with Crippen molar-refractivity contribution in [2.75, 3.05) is 13.2 Å². The Kier molecular flexibility index (Phi) is 9.15. The average Bonchev–Trinajstić information content (AvgIpc) is 2.83. The van der Waals surface area contributed by atoms with Crippen LogP contribution in [0.4, 0.5) is 0 Å². The van der Waals surface area contributed by atoms with Gasteiger partial charge in [0.25, 0.3) is 5.91 Å². The standard InChI is InChI=1S/C26H27ClN2O4/c1-3-14-32-22-12-10-21(11-13-22)26(30)29-28-17-20-15-23(27)25(24(16-20)31-4-2)33-18-19-8-6-5-7-9-19/h5-13,15-17H,3-4,14,18H2,1-2H3,(H,29,30)/b28-17-. The van der Waals surface area contributed by atoms with Crippen molar-refractivity contribution in [1.82, 2.24) is 5.43 Å². The van der Waals surface area contributed by atoms with Gasteiger partial charge in [0, 0.05) is 5.56 Å². The Morgan fingerprint density at radius 3 is 2.45 bits per heavy atom. The summed E-state index contributed by atoms with van der Waals surface area (Å²) in [6.45, 7) is 5.38. The maximum absolute atomic E-state index is 12.3. The molecule has 0 atom stereocenters. The molecular weight excluding hydrogens is 440 g/mol. The minimum Gasteiger partial charge on any atom is -0.494 e. The first kappa shape index (κ1) is 24.1. The van der Waals surface area contributed by atoms with Crippen molar-refractivity contribution in [3.63, 3.8) is 0 Å². The van der Waals surface area contributed by atoms with E-state index in [0.29, 0.717) is 47.5 Å². The van der Waals surface area contributed by atoms with Gasteiger partial charge < -0.3 is 14.2 Å². The minimum absolute atomic E-state index is 0.327. The number of nitrogens with one attached hydrogen (secondary N) is 1. The number of carbonyl (C=O) groups excluding carboxylic acids is 1. The molecule has 0 fully saturated rings. The fourth-order valence-corrected chi connectivity index (χ4v) is 3.22. The summed E-state index contributed by atoms with van der Waals surface area (Å²) in [5, 5.41) is 4.44. The van der Waals surface area contributed by atoms with Crippen LogP contribution < -0.4 is 19.6 Å². The summed E-state index contributed by atoms with van der Waals surface area (Å²) in [4.78, 5) is 12.3. The SMILES string of the molecule is CCCOc1ccc(C(=O)N/N=C\c2cc(Cl)c(OCc3ccccc3)c(OCC)c2)cc1. The normalized spacial score (nSPS) is 10.8. The predicted molar refractivity (Wildman–Crippen MR) is 131 cm³/mol. The summed E-state index contributed by atoms with van der Waals surface area (Å²) in [5.74, 6) is 1.38. The lowest BCUT2D eigenvalue weighted by atomic mass is 10.2. The number of amides is 1. The van der Waals surface area contributed by atoms with Crippen molar-refractivity contribution in [1.29, 1.82) is 0 Å². The third-order valence-corrected chi connectivity index (χ3v) is 4.81. The molecule has 0 saturated heterocycles. The molecule has 0 aliphatic heterocycles. The van der Waals surface area contributed by atoms with E-state index in [1.54, 1.807) is 36.4 Å². The van der Waals surface area contributed by atoms with E-state index in [2.05, 4.69) is 10.5 Å². The van der Waals surface area contributed by atoms with Crippen LogP contribution in [0.5, 0.6) is 17.2 Å². The van der Waals surface area contributed by atoms with Gasteiger partial charge in [-0.3, -0.25) is 4.79 Å². The first-order valence-corrected chi connectivity index (χ1v) is 11.2. The molecule has 3 aromatic rings. The molecule has 0 aromatic heterocycles. The number of ether oxygens (including phenoxy) is 3. The number of nitrogens with zero attached hydrogens (tertiary/aromatic N) is 1. The second kappa shape index (κ2) is 12.5. The molecule has 0 aliphatic rings. The van der Waals surface area contributed by atoms with Gasteiger partial charge in [0.15, 0.2) is 11.5 Å². The highest BCUT2D eigenvalue weighted by Gasteiger charge is 2.13. The molecule has 0 saturated carbocycles. The van der Waals surface area contributed by atoms with Crippen LogP contribution >= 0.6 is 11.6 Å². The van der Waals surface area contributed by atoms with Crippen molar-refractivity contribution in [3.8, 4) is 17.2 Å². The molecule has 0 radical (unpaired) electrons. The highest BCUT2D eigenvalue weighted by molar-refractivity contribution is 6.32. The smallest absolute Gasteiger partial charge is 0.271 e. The summed E-state index contributed by atoms with van der Waals surface area (Å²) < 4.78 is 17.2. The van der Waals surface area contributed by atoms with Gasteiger partial charge in [-0.05, 0) is 60.9 Å². The molecule has 6 nitrogen and oxygen atoms in total. The first-order valence-electron chi connectivity index (χ1n) is 10.8. The zero-order valence-electron chi connectivity index (χ0n) is 18.7. The van der Waals surface area contributed by atoms with Crippen LogP contribution in [0.15, 0.2) is 71.8 Å². The monoisotopic (exact) mass is 466 g/mol. The van der Waals surface area contributed by atoms with Crippen molar-refractivity contribution in [3.05, 3.63) is 88.4 Å². The van der Waals surface area contributed by atoms with E-state index in [1.807, 2.05) is 44.2 Å². The Hall–Kier alpha value is -3.51. The molecule has 7 heteroatoms. The minimum atomic E-state index is -0.327. The quantitative estimate of drug-likeness (QED) is 0.283. The topological polar surface area (TPSA) is 69.2 Å². The van der Waals surface area contributed by atoms with Gasteiger partial charge >= 0.3 is 0 Å². The lowest BCUT2D eigenvalue weighted by molar-refractivity contribution is 0.0955. The van der Waals surface area contributed by atoms with Crippen molar-refractivity contribution in [2.45, 2.75) is 26.9 Å². The summed E-state index contributed by atoms with van der Waals surface area (Å²) in [6, 6.07) is 20.2. The molecule has 0 bridgehead atoms. The number of hydrogen-bond acceptors (Lipinski definition) is 5. The number of halogens is 1. The molecule has 3 aromatic carbocycles. The molecule has 0 heterocycles. The van der Waals surface area contributed by atoms with Crippen LogP contribution in [-0.2, 0) is 6.61 Å². The molecule has 1 amide bonds. The Bertz CT molecular complexity index is 1070. The summed E-state index contributed by atoms with van der Waals surface area (Å²) in [5.41, 5.74) is 4.69. The fourth-order valence-electron chi connectivity index (χ4n) is 2.95. The van der Waals surface area contributed by atoms with Crippen LogP contribution in [0.25, 0.3) is 0 Å². The molecule has 0 spiro atoms. The van der Waals surface area contributed by atoms with E-state index in [4.69, 9.17) is 25.8 Å². The number of benzene rings is 3. The van der Waals surface area contributed by atoms with Crippen LogP contribution in [-0.4, -0.2) is 25.3 Å². The van der Waals surface area contributed by atoms with E-state index in [-0.39, 0.29) is 5.91 Å².